The van der Waals surface area contributed by atoms with Gasteiger partial charge in [0.2, 0.25) is 5.91 Å². The van der Waals surface area contributed by atoms with Gasteiger partial charge >= 0.3 is 0 Å². The number of carbonyl (C=O) groups is 2. The van der Waals surface area contributed by atoms with E-state index >= 15 is 0 Å². The molecule has 1 atom stereocenters. The Morgan fingerprint density at radius 2 is 2.37 bits per heavy atom. The van der Waals surface area contributed by atoms with Gasteiger partial charge in [-0.1, -0.05) is 13.0 Å². The van der Waals surface area contributed by atoms with Crippen molar-refractivity contribution in [2.75, 3.05) is 26.2 Å². The van der Waals surface area contributed by atoms with Crippen LogP contribution < -0.4 is 11.1 Å². The van der Waals surface area contributed by atoms with Crippen LogP contribution in [0.1, 0.15) is 23.0 Å². The lowest BCUT2D eigenvalue weighted by atomic mass is 9.90. The molecule has 1 aromatic rings. The quantitative estimate of drug-likeness (QED) is 0.852. The van der Waals surface area contributed by atoms with Gasteiger partial charge in [-0.05, 0) is 29.8 Å². The van der Waals surface area contributed by atoms with Crippen LogP contribution in [0, 0.1) is 5.41 Å². The van der Waals surface area contributed by atoms with Gasteiger partial charge in [0.15, 0.2) is 0 Å². The Bertz CT molecular complexity index is 460. The van der Waals surface area contributed by atoms with Crippen LogP contribution in [-0.2, 0) is 4.79 Å². The van der Waals surface area contributed by atoms with Crippen LogP contribution >= 0.6 is 11.3 Å². The molecule has 104 valence electrons. The molecule has 1 fully saturated rings. The van der Waals surface area contributed by atoms with Crippen molar-refractivity contribution in [3.05, 3.63) is 22.4 Å². The van der Waals surface area contributed by atoms with Crippen molar-refractivity contribution < 1.29 is 9.59 Å². The van der Waals surface area contributed by atoms with E-state index in [2.05, 4.69) is 12.2 Å². The zero-order chi connectivity index (χ0) is 13.9. The summed E-state index contributed by atoms with van der Waals surface area (Å²) in [4.78, 5) is 26.1. The molecular formula is C13H19N3O2S. The third-order valence-corrected chi connectivity index (χ3v) is 4.42. The van der Waals surface area contributed by atoms with Gasteiger partial charge in [0.05, 0.1) is 11.4 Å². The summed E-state index contributed by atoms with van der Waals surface area (Å²) >= 11 is 1.36. The number of nitrogens with two attached hydrogens (primary N) is 1. The summed E-state index contributed by atoms with van der Waals surface area (Å²) < 4.78 is 0. The molecule has 0 aliphatic carbocycles. The molecule has 2 heterocycles. The van der Waals surface area contributed by atoms with Crippen molar-refractivity contribution in [3.8, 4) is 0 Å². The molecule has 1 aromatic heterocycles. The molecule has 2 amide bonds. The van der Waals surface area contributed by atoms with Gasteiger partial charge in [0.1, 0.15) is 0 Å². The summed E-state index contributed by atoms with van der Waals surface area (Å²) in [5.74, 6) is -0.230. The highest BCUT2D eigenvalue weighted by Gasteiger charge is 2.34. The predicted molar refractivity (Wildman–Crippen MR) is 75.0 cm³/mol. The summed E-state index contributed by atoms with van der Waals surface area (Å²) in [6, 6.07) is 3.56. The second-order valence-corrected chi connectivity index (χ2v) is 6.19. The normalized spacial score (nSPS) is 22.5. The van der Waals surface area contributed by atoms with Crippen molar-refractivity contribution in [2.45, 2.75) is 13.3 Å². The van der Waals surface area contributed by atoms with Gasteiger partial charge in [-0.3, -0.25) is 9.59 Å². The van der Waals surface area contributed by atoms with Crippen molar-refractivity contribution in [3.63, 3.8) is 0 Å². The second-order valence-electron chi connectivity index (χ2n) is 5.24. The van der Waals surface area contributed by atoms with Gasteiger partial charge in [-0.15, -0.1) is 11.3 Å². The number of nitrogens with zero attached hydrogens (tertiary/aromatic N) is 1. The maximum atomic E-state index is 12.0. The summed E-state index contributed by atoms with van der Waals surface area (Å²) in [6.45, 7) is 4.12. The average Bonchev–Trinajstić information content (AvgIpc) is 3.05. The Labute approximate surface area is 116 Å². The van der Waals surface area contributed by atoms with E-state index in [1.54, 1.807) is 11.0 Å². The third kappa shape index (κ3) is 3.33. The first kappa shape index (κ1) is 14.0. The maximum Gasteiger partial charge on any atom is 0.261 e. The minimum Gasteiger partial charge on any atom is -0.342 e. The topological polar surface area (TPSA) is 75.4 Å². The minimum atomic E-state index is -0.191. The number of hydrogen-bond acceptors (Lipinski definition) is 4. The number of hydrogen-bond donors (Lipinski definition) is 2. The number of amides is 2. The van der Waals surface area contributed by atoms with E-state index < -0.39 is 0 Å². The minimum absolute atomic E-state index is 0.0213. The molecule has 1 aliphatic heterocycles. The Kier molecular flexibility index (Phi) is 4.21. The average molecular weight is 281 g/mol. The molecule has 0 saturated carbocycles. The van der Waals surface area contributed by atoms with Crippen LogP contribution in [0.4, 0.5) is 0 Å². The molecule has 1 saturated heterocycles. The van der Waals surface area contributed by atoms with E-state index in [1.807, 2.05) is 11.4 Å². The van der Waals surface area contributed by atoms with Crippen LogP contribution in [0.3, 0.4) is 0 Å². The maximum absolute atomic E-state index is 12.0. The third-order valence-electron chi connectivity index (χ3n) is 3.55. The molecule has 1 unspecified atom stereocenters. The van der Waals surface area contributed by atoms with Gasteiger partial charge in [-0.2, -0.15) is 0 Å². The van der Waals surface area contributed by atoms with E-state index in [4.69, 9.17) is 5.73 Å². The van der Waals surface area contributed by atoms with Crippen molar-refractivity contribution in [1.29, 1.82) is 0 Å². The molecule has 0 bridgehead atoms. The first-order valence-electron chi connectivity index (χ1n) is 6.34. The van der Waals surface area contributed by atoms with E-state index in [-0.39, 0.29) is 23.8 Å². The first-order chi connectivity index (χ1) is 9.04. The molecule has 19 heavy (non-hydrogen) atoms. The van der Waals surface area contributed by atoms with E-state index in [0.29, 0.717) is 18.0 Å². The Morgan fingerprint density at radius 3 is 2.95 bits per heavy atom. The molecule has 0 spiro atoms. The summed E-state index contributed by atoms with van der Waals surface area (Å²) in [7, 11) is 0. The predicted octanol–water partition coefficient (Wildman–Crippen LogP) is 0.675. The molecule has 2 rings (SSSR count). The summed E-state index contributed by atoms with van der Waals surface area (Å²) in [5, 5.41) is 4.49. The van der Waals surface area contributed by atoms with Gasteiger partial charge in [0.25, 0.3) is 5.91 Å². The number of carbonyl (C=O) groups excluding carboxylic acids is 2. The monoisotopic (exact) mass is 281 g/mol. The van der Waals surface area contributed by atoms with Crippen molar-refractivity contribution >= 4 is 23.2 Å². The lowest BCUT2D eigenvalue weighted by Gasteiger charge is -2.22. The number of rotatable bonds is 4. The van der Waals surface area contributed by atoms with Crippen molar-refractivity contribution in [1.82, 2.24) is 10.2 Å². The first-order valence-corrected chi connectivity index (χ1v) is 7.22. The van der Waals surface area contributed by atoms with Crippen LogP contribution in [0.15, 0.2) is 17.5 Å². The van der Waals surface area contributed by atoms with E-state index in [0.717, 1.165) is 13.0 Å². The molecule has 3 N–H and O–H groups in total. The second kappa shape index (κ2) is 5.71. The van der Waals surface area contributed by atoms with Crippen LogP contribution in [0.2, 0.25) is 0 Å². The van der Waals surface area contributed by atoms with E-state index in [1.165, 1.54) is 11.3 Å². The number of likely N-dealkylation sites (tertiary alicyclic amines) is 1. The Morgan fingerprint density at radius 1 is 1.58 bits per heavy atom. The van der Waals surface area contributed by atoms with Crippen LogP contribution in [0.5, 0.6) is 0 Å². The molecule has 6 heteroatoms. The Hall–Kier alpha value is -1.40. The lowest BCUT2D eigenvalue weighted by Crippen LogP contribution is -2.40. The molecular weight excluding hydrogens is 262 g/mol. The van der Waals surface area contributed by atoms with E-state index in [9.17, 15) is 9.59 Å². The largest absolute Gasteiger partial charge is 0.342 e. The number of thiophene rings is 1. The fraction of sp³-hybridized carbons (Fsp3) is 0.538. The summed E-state index contributed by atoms with van der Waals surface area (Å²) in [5.41, 5.74) is 5.73. The highest BCUT2D eigenvalue weighted by atomic mass is 32.1. The highest BCUT2D eigenvalue weighted by molar-refractivity contribution is 7.12. The van der Waals surface area contributed by atoms with Gasteiger partial charge in [-0.25, -0.2) is 0 Å². The van der Waals surface area contributed by atoms with Gasteiger partial charge in [0, 0.05) is 13.1 Å². The Balaban J connectivity index is 1.81. The summed E-state index contributed by atoms with van der Waals surface area (Å²) in [6.07, 6.45) is 0.925. The highest BCUT2D eigenvalue weighted by Crippen LogP contribution is 2.28. The number of nitrogens with one attached hydrogen (secondary N) is 1. The smallest absolute Gasteiger partial charge is 0.261 e. The zero-order valence-corrected chi connectivity index (χ0v) is 11.8. The molecule has 0 aromatic carbocycles. The molecule has 1 aliphatic rings. The van der Waals surface area contributed by atoms with Crippen LogP contribution in [0.25, 0.3) is 0 Å². The van der Waals surface area contributed by atoms with Crippen molar-refractivity contribution in [2.24, 2.45) is 11.1 Å². The zero-order valence-electron chi connectivity index (χ0n) is 11.0. The van der Waals surface area contributed by atoms with Gasteiger partial charge < -0.3 is 16.0 Å². The van der Waals surface area contributed by atoms with Crippen LogP contribution in [-0.4, -0.2) is 42.9 Å². The fourth-order valence-electron chi connectivity index (χ4n) is 2.17. The molecule has 0 radical (unpaired) electrons. The fourth-order valence-corrected chi connectivity index (χ4v) is 2.81. The SMILES string of the molecule is CC1(CN)CCN(C(=O)CNC(=O)c2cccs2)C1. The lowest BCUT2D eigenvalue weighted by molar-refractivity contribution is -0.129. The standard InChI is InChI=1S/C13H19N3O2S/c1-13(8-14)4-5-16(9-13)11(17)7-15-12(18)10-3-2-6-19-10/h2-3,6H,4-5,7-9,14H2,1H3,(H,15,18). The molecule has 5 nitrogen and oxygen atoms in total.